The van der Waals surface area contributed by atoms with Gasteiger partial charge in [-0.3, -0.25) is 9.59 Å². The number of carbonyl (C=O) groups excluding carboxylic acids is 2. The van der Waals surface area contributed by atoms with E-state index >= 15 is 0 Å². The molecule has 0 radical (unpaired) electrons. The Morgan fingerprint density at radius 2 is 1.91 bits per heavy atom. The first-order valence-corrected chi connectivity index (χ1v) is 7.59. The zero-order chi connectivity index (χ0) is 16.9. The van der Waals surface area contributed by atoms with Crippen molar-refractivity contribution < 1.29 is 9.59 Å². The summed E-state index contributed by atoms with van der Waals surface area (Å²) in [4.78, 5) is 25.8. The molecule has 23 heavy (non-hydrogen) atoms. The number of aryl methyl sites for hydroxylation is 1. The number of hydrogen-bond donors (Lipinski definition) is 2. The Morgan fingerprint density at radius 3 is 2.48 bits per heavy atom. The van der Waals surface area contributed by atoms with E-state index in [4.69, 9.17) is 5.73 Å². The minimum absolute atomic E-state index is 0. The lowest BCUT2D eigenvalue weighted by atomic mass is 9.96. The van der Waals surface area contributed by atoms with Gasteiger partial charge in [0, 0.05) is 12.7 Å². The van der Waals surface area contributed by atoms with Crippen molar-refractivity contribution in [2.45, 2.75) is 46.1 Å². The van der Waals surface area contributed by atoms with Gasteiger partial charge in [0.15, 0.2) is 0 Å². The maximum atomic E-state index is 12.3. The average molecular weight is 342 g/mol. The number of nitrogens with two attached hydrogens (primary N) is 1. The summed E-state index contributed by atoms with van der Waals surface area (Å²) in [6.45, 7) is 7.62. The van der Waals surface area contributed by atoms with Gasteiger partial charge in [0.25, 0.3) is 0 Å². The topological polar surface area (TPSA) is 75.4 Å². The number of likely N-dealkylation sites (N-methyl/N-ethyl adjacent to an activating group) is 1. The molecule has 0 fully saturated rings. The maximum Gasteiger partial charge on any atom is 0.243 e. The molecule has 2 amide bonds. The fourth-order valence-electron chi connectivity index (χ4n) is 2.43. The first-order chi connectivity index (χ1) is 10.2. The number of hydrogen-bond acceptors (Lipinski definition) is 3. The van der Waals surface area contributed by atoms with Gasteiger partial charge in [-0.25, -0.2) is 0 Å². The molecule has 0 aromatic heterocycles. The van der Waals surface area contributed by atoms with Gasteiger partial charge in [0.05, 0.1) is 12.1 Å². The summed E-state index contributed by atoms with van der Waals surface area (Å²) in [5, 5.41) is 2.85. The number of halogens is 1. The molecule has 1 rings (SSSR count). The van der Waals surface area contributed by atoms with Gasteiger partial charge < -0.3 is 16.0 Å². The zero-order valence-corrected chi connectivity index (χ0v) is 15.4. The van der Waals surface area contributed by atoms with E-state index in [9.17, 15) is 9.59 Å². The number of carbonyl (C=O) groups is 2. The van der Waals surface area contributed by atoms with Crippen LogP contribution >= 0.6 is 12.4 Å². The number of nitrogens with zero attached hydrogens (tertiary/aromatic N) is 1. The van der Waals surface area contributed by atoms with Gasteiger partial charge in [-0.1, -0.05) is 25.5 Å². The number of amides is 2. The van der Waals surface area contributed by atoms with E-state index in [1.807, 2.05) is 39.0 Å². The molecule has 6 heteroatoms. The summed E-state index contributed by atoms with van der Waals surface area (Å²) in [7, 11) is 1.60. The van der Waals surface area contributed by atoms with E-state index in [-0.39, 0.29) is 30.8 Å². The predicted octanol–water partition coefficient (Wildman–Crippen LogP) is 2.64. The van der Waals surface area contributed by atoms with E-state index in [0.29, 0.717) is 6.42 Å². The van der Waals surface area contributed by atoms with Crippen LogP contribution in [-0.4, -0.2) is 35.8 Å². The van der Waals surface area contributed by atoms with Crippen LogP contribution in [0.1, 0.15) is 37.8 Å². The fourth-order valence-corrected chi connectivity index (χ4v) is 2.43. The molecular formula is C17H28ClN3O2. The lowest BCUT2D eigenvalue weighted by molar-refractivity contribution is -0.137. The molecule has 1 aromatic carbocycles. The van der Waals surface area contributed by atoms with Crippen LogP contribution in [0.15, 0.2) is 18.2 Å². The molecule has 0 aliphatic rings. The summed E-state index contributed by atoms with van der Waals surface area (Å²) in [6, 6.07) is 5.74. The maximum absolute atomic E-state index is 12.3. The van der Waals surface area contributed by atoms with Gasteiger partial charge >= 0.3 is 0 Å². The van der Waals surface area contributed by atoms with Crippen molar-refractivity contribution in [2.24, 2.45) is 5.73 Å². The summed E-state index contributed by atoms with van der Waals surface area (Å²) in [5.41, 5.74) is 8.00. The molecule has 0 spiro atoms. The monoisotopic (exact) mass is 341 g/mol. The molecule has 1 atom stereocenters. The van der Waals surface area contributed by atoms with Crippen LogP contribution in [0.2, 0.25) is 0 Å². The number of anilines is 1. The molecule has 5 nitrogen and oxygen atoms in total. The molecule has 0 aliphatic heterocycles. The standard InChI is InChI=1S/C17H27N3O2.ClH/c1-6-10-17(4,18)16(22)20(5)11-15(21)19-14-9-7-8-12(2)13(14)3;/h7-9H,6,10-11,18H2,1-5H3,(H,19,21);1H. The Hall–Kier alpha value is -1.59. The molecule has 1 unspecified atom stereocenters. The Bertz CT molecular complexity index is 559. The van der Waals surface area contributed by atoms with Crippen molar-refractivity contribution in [2.75, 3.05) is 18.9 Å². The summed E-state index contributed by atoms with van der Waals surface area (Å²) < 4.78 is 0. The van der Waals surface area contributed by atoms with Crippen molar-refractivity contribution in [1.29, 1.82) is 0 Å². The molecule has 1 aromatic rings. The highest BCUT2D eigenvalue weighted by Gasteiger charge is 2.30. The Morgan fingerprint density at radius 1 is 1.30 bits per heavy atom. The SMILES string of the molecule is CCCC(C)(N)C(=O)N(C)CC(=O)Nc1cccc(C)c1C.Cl. The second kappa shape index (κ2) is 8.89. The average Bonchev–Trinajstić information content (AvgIpc) is 2.42. The van der Waals surface area contributed by atoms with Crippen LogP contribution < -0.4 is 11.1 Å². The lowest BCUT2D eigenvalue weighted by Crippen LogP contribution is -2.53. The summed E-state index contributed by atoms with van der Waals surface area (Å²) in [5.74, 6) is -0.442. The van der Waals surface area contributed by atoms with E-state index in [1.54, 1.807) is 14.0 Å². The van der Waals surface area contributed by atoms with Gasteiger partial charge in [-0.2, -0.15) is 0 Å². The van der Waals surface area contributed by atoms with Crippen molar-refractivity contribution in [3.05, 3.63) is 29.3 Å². The lowest BCUT2D eigenvalue weighted by Gasteiger charge is -2.28. The normalized spacial score (nSPS) is 12.8. The van der Waals surface area contributed by atoms with Crippen molar-refractivity contribution in [1.82, 2.24) is 4.90 Å². The van der Waals surface area contributed by atoms with Crippen molar-refractivity contribution >= 4 is 29.9 Å². The Kier molecular flexibility index (Phi) is 8.28. The van der Waals surface area contributed by atoms with Gasteiger partial charge in [-0.05, 0) is 44.4 Å². The van der Waals surface area contributed by atoms with Crippen molar-refractivity contribution in [3.63, 3.8) is 0 Å². The minimum Gasteiger partial charge on any atom is -0.335 e. The molecule has 130 valence electrons. The van der Waals surface area contributed by atoms with E-state index in [1.165, 1.54) is 4.90 Å². The zero-order valence-electron chi connectivity index (χ0n) is 14.6. The van der Waals surface area contributed by atoms with Gasteiger partial charge in [0.2, 0.25) is 11.8 Å². The summed E-state index contributed by atoms with van der Waals surface area (Å²) in [6.07, 6.45) is 1.41. The van der Waals surface area contributed by atoms with Crippen LogP contribution in [0, 0.1) is 13.8 Å². The smallest absolute Gasteiger partial charge is 0.243 e. The molecule has 0 heterocycles. The molecule has 0 saturated heterocycles. The Labute approximate surface area is 145 Å². The highest BCUT2D eigenvalue weighted by Crippen LogP contribution is 2.18. The fraction of sp³-hybridized carbons (Fsp3) is 0.529. The molecule has 0 bridgehead atoms. The van der Waals surface area contributed by atoms with Gasteiger partial charge in [-0.15, -0.1) is 12.4 Å². The molecule has 0 aliphatic carbocycles. The van der Waals surface area contributed by atoms with Gasteiger partial charge in [0.1, 0.15) is 0 Å². The van der Waals surface area contributed by atoms with Crippen LogP contribution in [0.5, 0.6) is 0 Å². The quantitative estimate of drug-likeness (QED) is 0.835. The third-order valence-corrected chi connectivity index (χ3v) is 3.86. The van der Waals surface area contributed by atoms with Crippen LogP contribution in [0.4, 0.5) is 5.69 Å². The first-order valence-electron chi connectivity index (χ1n) is 7.59. The molecule has 0 saturated carbocycles. The third-order valence-electron chi connectivity index (χ3n) is 3.86. The predicted molar refractivity (Wildman–Crippen MR) is 96.9 cm³/mol. The van der Waals surface area contributed by atoms with Crippen LogP contribution in [0.3, 0.4) is 0 Å². The van der Waals surface area contributed by atoms with E-state index in [0.717, 1.165) is 23.2 Å². The third kappa shape index (κ3) is 5.84. The number of benzene rings is 1. The number of nitrogens with one attached hydrogen (secondary N) is 1. The van der Waals surface area contributed by atoms with E-state index in [2.05, 4.69) is 5.32 Å². The minimum atomic E-state index is -0.928. The van der Waals surface area contributed by atoms with Crippen molar-refractivity contribution in [3.8, 4) is 0 Å². The second-order valence-corrected chi connectivity index (χ2v) is 6.12. The van der Waals surface area contributed by atoms with E-state index < -0.39 is 5.54 Å². The Balaban J connectivity index is 0.00000484. The molecule has 3 N–H and O–H groups in total. The van der Waals surface area contributed by atoms with Crippen LogP contribution in [-0.2, 0) is 9.59 Å². The number of rotatable bonds is 6. The first kappa shape index (κ1) is 21.4. The summed E-state index contributed by atoms with van der Waals surface area (Å²) >= 11 is 0. The largest absolute Gasteiger partial charge is 0.335 e. The molecular weight excluding hydrogens is 314 g/mol. The second-order valence-electron chi connectivity index (χ2n) is 6.12. The van der Waals surface area contributed by atoms with Crippen LogP contribution in [0.25, 0.3) is 0 Å². The highest BCUT2D eigenvalue weighted by molar-refractivity contribution is 5.96. The highest BCUT2D eigenvalue weighted by atomic mass is 35.5.